The molecule has 0 radical (unpaired) electrons. The second kappa shape index (κ2) is 5.44. The number of benzene rings is 1. The van der Waals surface area contributed by atoms with Crippen molar-refractivity contribution in [2.45, 2.75) is 24.4 Å². The van der Waals surface area contributed by atoms with E-state index in [1.807, 2.05) is 23.9 Å². The molecule has 1 N–H and O–H groups in total. The highest BCUT2D eigenvalue weighted by molar-refractivity contribution is 7.90. The second-order valence-corrected chi connectivity index (χ2v) is 6.59. The standard InChI is InChI=1S/C13H17N3O2S/c1-11(10-16-9-3-8-14-16)15-12-4-6-13(7-5-12)19(2,17)18/h3-9,11,15H,10H2,1-2H3. The van der Waals surface area contributed by atoms with Gasteiger partial charge in [0.05, 0.1) is 11.4 Å². The summed E-state index contributed by atoms with van der Waals surface area (Å²) in [6, 6.07) is 8.85. The minimum atomic E-state index is -3.13. The Labute approximate surface area is 113 Å². The minimum Gasteiger partial charge on any atom is -0.381 e. The molecule has 1 atom stereocenters. The number of hydrogen-bond acceptors (Lipinski definition) is 4. The van der Waals surface area contributed by atoms with Crippen molar-refractivity contribution in [1.82, 2.24) is 9.78 Å². The maximum Gasteiger partial charge on any atom is 0.175 e. The lowest BCUT2D eigenvalue weighted by molar-refractivity contribution is 0.561. The van der Waals surface area contributed by atoms with Crippen LogP contribution in [0.25, 0.3) is 0 Å². The monoisotopic (exact) mass is 279 g/mol. The fourth-order valence-electron chi connectivity index (χ4n) is 1.82. The van der Waals surface area contributed by atoms with Crippen LogP contribution in [0, 0.1) is 0 Å². The average Bonchev–Trinajstić information content (AvgIpc) is 2.81. The van der Waals surface area contributed by atoms with Crippen LogP contribution >= 0.6 is 0 Å². The Hall–Kier alpha value is -1.82. The Bertz CT molecular complexity index is 618. The summed E-state index contributed by atoms with van der Waals surface area (Å²) in [7, 11) is -3.13. The fraction of sp³-hybridized carbons (Fsp3) is 0.308. The molecule has 19 heavy (non-hydrogen) atoms. The van der Waals surface area contributed by atoms with E-state index in [0.29, 0.717) is 4.90 Å². The van der Waals surface area contributed by atoms with Crippen LogP contribution in [0.15, 0.2) is 47.6 Å². The molecule has 0 spiro atoms. The third-order valence-electron chi connectivity index (χ3n) is 2.72. The Morgan fingerprint density at radius 3 is 2.53 bits per heavy atom. The van der Waals surface area contributed by atoms with E-state index in [0.717, 1.165) is 12.2 Å². The Balaban J connectivity index is 1.99. The highest BCUT2D eigenvalue weighted by atomic mass is 32.2. The van der Waals surface area contributed by atoms with E-state index in [1.54, 1.807) is 30.5 Å². The molecule has 0 aliphatic carbocycles. The van der Waals surface area contributed by atoms with E-state index in [2.05, 4.69) is 10.4 Å². The normalized spacial score (nSPS) is 13.2. The summed E-state index contributed by atoms with van der Waals surface area (Å²) in [5, 5.41) is 7.44. The van der Waals surface area contributed by atoms with Crippen LogP contribution in [0.4, 0.5) is 5.69 Å². The Morgan fingerprint density at radius 2 is 2.00 bits per heavy atom. The zero-order valence-corrected chi connectivity index (χ0v) is 11.8. The molecule has 6 heteroatoms. The van der Waals surface area contributed by atoms with Gasteiger partial charge in [-0.3, -0.25) is 4.68 Å². The van der Waals surface area contributed by atoms with E-state index >= 15 is 0 Å². The van der Waals surface area contributed by atoms with Gasteiger partial charge in [-0.1, -0.05) is 0 Å². The minimum absolute atomic E-state index is 0.198. The Kier molecular flexibility index (Phi) is 3.90. The van der Waals surface area contributed by atoms with Gasteiger partial charge in [-0.25, -0.2) is 8.42 Å². The molecule has 0 amide bonds. The van der Waals surface area contributed by atoms with E-state index in [9.17, 15) is 8.42 Å². The highest BCUT2D eigenvalue weighted by Crippen LogP contribution is 2.14. The van der Waals surface area contributed by atoms with Crippen LogP contribution in [-0.4, -0.2) is 30.5 Å². The topological polar surface area (TPSA) is 64.0 Å². The van der Waals surface area contributed by atoms with Gasteiger partial charge in [-0.05, 0) is 37.3 Å². The summed E-state index contributed by atoms with van der Waals surface area (Å²) in [6.07, 6.45) is 4.86. The molecule has 0 aliphatic rings. The predicted octanol–water partition coefficient (Wildman–Crippen LogP) is 1.79. The van der Waals surface area contributed by atoms with Gasteiger partial charge in [-0.2, -0.15) is 5.10 Å². The zero-order chi connectivity index (χ0) is 13.9. The molecule has 0 fully saturated rings. The quantitative estimate of drug-likeness (QED) is 0.906. The van der Waals surface area contributed by atoms with Crippen LogP contribution in [-0.2, 0) is 16.4 Å². The molecule has 1 unspecified atom stereocenters. The number of nitrogens with zero attached hydrogens (tertiary/aromatic N) is 2. The van der Waals surface area contributed by atoms with Crippen LogP contribution in [0.2, 0.25) is 0 Å². The van der Waals surface area contributed by atoms with Crippen LogP contribution in [0.5, 0.6) is 0 Å². The first kappa shape index (κ1) is 13.6. The molecule has 0 aliphatic heterocycles. The summed E-state index contributed by atoms with van der Waals surface area (Å²) in [6.45, 7) is 2.80. The molecule has 1 aromatic heterocycles. The van der Waals surface area contributed by atoms with Crippen molar-refractivity contribution < 1.29 is 8.42 Å². The summed E-state index contributed by atoms with van der Waals surface area (Å²) < 4.78 is 24.5. The molecule has 0 bridgehead atoms. The van der Waals surface area contributed by atoms with Gasteiger partial charge in [0.25, 0.3) is 0 Å². The van der Waals surface area contributed by atoms with Crippen molar-refractivity contribution in [3.8, 4) is 0 Å². The lowest BCUT2D eigenvalue weighted by Gasteiger charge is -2.15. The summed E-state index contributed by atoms with van der Waals surface area (Å²) in [5.74, 6) is 0. The van der Waals surface area contributed by atoms with Crippen LogP contribution in [0.3, 0.4) is 0 Å². The molecule has 1 heterocycles. The van der Waals surface area contributed by atoms with Gasteiger partial charge in [0.15, 0.2) is 9.84 Å². The smallest absolute Gasteiger partial charge is 0.175 e. The summed E-state index contributed by atoms with van der Waals surface area (Å²) >= 11 is 0. The molecule has 102 valence electrons. The molecule has 2 rings (SSSR count). The summed E-state index contributed by atoms with van der Waals surface area (Å²) in [5.41, 5.74) is 0.895. The third kappa shape index (κ3) is 3.82. The number of rotatable bonds is 5. The lowest BCUT2D eigenvalue weighted by Crippen LogP contribution is -2.22. The van der Waals surface area contributed by atoms with Crippen molar-refractivity contribution in [2.24, 2.45) is 0 Å². The van der Waals surface area contributed by atoms with Crippen molar-refractivity contribution >= 4 is 15.5 Å². The molecular weight excluding hydrogens is 262 g/mol. The van der Waals surface area contributed by atoms with Gasteiger partial charge < -0.3 is 5.32 Å². The zero-order valence-electron chi connectivity index (χ0n) is 10.9. The van der Waals surface area contributed by atoms with E-state index < -0.39 is 9.84 Å². The fourth-order valence-corrected chi connectivity index (χ4v) is 2.45. The van der Waals surface area contributed by atoms with Crippen molar-refractivity contribution in [3.63, 3.8) is 0 Å². The largest absolute Gasteiger partial charge is 0.381 e. The first-order valence-corrected chi connectivity index (χ1v) is 7.88. The van der Waals surface area contributed by atoms with Crippen molar-refractivity contribution in [1.29, 1.82) is 0 Å². The number of sulfone groups is 1. The van der Waals surface area contributed by atoms with Gasteiger partial charge in [0.1, 0.15) is 0 Å². The summed E-state index contributed by atoms with van der Waals surface area (Å²) in [4.78, 5) is 0.331. The number of aromatic nitrogens is 2. The molecule has 5 nitrogen and oxygen atoms in total. The first-order chi connectivity index (χ1) is 8.95. The maximum absolute atomic E-state index is 11.3. The third-order valence-corrected chi connectivity index (χ3v) is 3.84. The van der Waals surface area contributed by atoms with Crippen LogP contribution < -0.4 is 5.32 Å². The maximum atomic E-state index is 11.3. The molecule has 0 saturated carbocycles. The van der Waals surface area contributed by atoms with Crippen LogP contribution in [0.1, 0.15) is 6.92 Å². The van der Waals surface area contributed by atoms with E-state index in [1.165, 1.54) is 6.26 Å². The number of nitrogens with one attached hydrogen (secondary N) is 1. The van der Waals surface area contributed by atoms with Crippen molar-refractivity contribution in [2.75, 3.05) is 11.6 Å². The molecule has 1 aromatic carbocycles. The highest BCUT2D eigenvalue weighted by Gasteiger charge is 2.07. The number of hydrogen-bond donors (Lipinski definition) is 1. The van der Waals surface area contributed by atoms with Gasteiger partial charge >= 0.3 is 0 Å². The lowest BCUT2D eigenvalue weighted by atomic mass is 10.2. The average molecular weight is 279 g/mol. The van der Waals surface area contributed by atoms with E-state index in [-0.39, 0.29) is 6.04 Å². The van der Waals surface area contributed by atoms with E-state index in [4.69, 9.17) is 0 Å². The predicted molar refractivity (Wildman–Crippen MR) is 74.9 cm³/mol. The number of anilines is 1. The molecular formula is C13H17N3O2S. The van der Waals surface area contributed by atoms with Gasteiger partial charge in [0, 0.05) is 30.4 Å². The van der Waals surface area contributed by atoms with Gasteiger partial charge in [-0.15, -0.1) is 0 Å². The SMILES string of the molecule is CC(Cn1cccn1)Nc1ccc(S(C)(=O)=O)cc1. The molecule has 0 saturated heterocycles. The van der Waals surface area contributed by atoms with Gasteiger partial charge in [0.2, 0.25) is 0 Å². The second-order valence-electron chi connectivity index (χ2n) is 4.57. The Morgan fingerprint density at radius 1 is 1.32 bits per heavy atom. The molecule has 2 aromatic rings. The van der Waals surface area contributed by atoms with Crippen molar-refractivity contribution in [3.05, 3.63) is 42.7 Å². The first-order valence-electron chi connectivity index (χ1n) is 5.99.